The van der Waals surface area contributed by atoms with Gasteiger partial charge in [-0.05, 0) is 72.9 Å². The number of nitrogens with zero attached hydrogens (tertiary/aromatic N) is 4. The SMILES string of the molecule is Cl.Cl.Cn1c(=O)ccc2cc(OCCCN(Cc3ccncc3)C3CCN(C(=O)c4cccc5c4OCC5)CC3)ccc21. The molecule has 2 aliphatic heterocycles. The molecule has 1 fully saturated rings. The molecule has 0 saturated carbocycles. The zero-order valence-electron chi connectivity index (χ0n) is 24.3. The predicted octanol–water partition coefficient (Wildman–Crippen LogP) is 5.29. The van der Waals surface area contributed by atoms with E-state index in [0.717, 1.165) is 79.8 Å². The number of pyridine rings is 2. The quantitative estimate of drug-likeness (QED) is 0.236. The van der Waals surface area contributed by atoms with Gasteiger partial charge >= 0.3 is 0 Å². The van der Waals surface area contributed by atoms with Gasteiger partial charge in [-0.3, -0.25) is 19.5 Å². The van der Waals surface area contributed by atoms with Gasteiger partial charge in [0.05, 0.1) is 24.3 Å². The van der Waals surface area contributed by atoms with Crippen LogP contribution in [0.2, 0.25) is 0 Å². The molecular formula is C33H38Cl2N4O4. The minimum atomic E-state index is -0.0201. The van der Waals surface area contributed by atoms with Gasteiger partial charge in [0.15, 0.2) is 0 Å². The van der Waals surface area contributed by atoms with Crippen molar-refractivity contribution in [2.75, 3.05) is 32.8 Å². The third-order valence-corrected chi connectivity index (χ3v) is 8.30. The molecule has 43 heavy (non-hydrogen) atoms. The van der Waals surface area contributed by atoms with Crippen molar-refractivity contribution in [2.45, 2.75) is 38.3 Å². The lowest BCUT2D eigenvalue weighted by Gasteiger charge is -2.39. The highest BCUT2D eigenvalue weighted by Gasteiger charge is 2.30. The van der Waals surface area contributed by atoms with Crippen molar-refractivity contribution in [3.05, 3.63) is 100 Å². The number of hydrogen-bond acceptors (Lipinski definition) is 6. The van der Waals surface area contributed by atoms with Crippen LogP contribution in [0.15, 0.2) is 77.9 Å². The number of hydrogen-bond donors (Lipinski definition) is 0. The molecule has 4 aromatic rings. The molecule has 2 aliphatic rings. The number of aromatic nitrogens is 2. The van der Waals surface area contributed by atoms with Crippen LogP contribution in [0.4, 0.5) is 0 Å². The minimum absolute atomic E-state index is 0. The number of ether oxygens (including phenoxy) is 2. The maximum absolute atomic E-state index is 13.4. The topological polar surface area (TPSA) is 76.9 Å². The lowest BCUT2D eigenvalue weighted by Crippen LogP contribution is -2.47. The monoisotopic (exact) mass is 624 g/mol. The summed E-state index contributed by atoms with van der Waals surface area (Å²) in [7, 11) is 1.78. The highest BCUT2D eigenvalue weighted by molar-refractivity contribution is 5.97. The summed E-state index contributed by atoms with van der Waals surface area (Å²) in [6.45, 7) is 4.44. The number of fused-ring (bicyclic) bond motifs is 2. The third-order valence-electron chi connectivity index (χ3n) is 8.30. The summed E-state index contributed by atoms with van der Waals surface area (Å²) in [6.07, 6.45) is 7.28. The lowest BCUT2D eigenvalue weighted by molar-refractivity contribution is 0.0596. The van der Waals surface area contributed by atoms with Gasteiger partial charge in [-0.2, -0.15) is 0 Å². The fourth-order valence-corrected chi connectivity index (χ4v) is 6.01. The molecule has 4 heterocycles. The van der Waals surface area contributed by atoms with Gasteiger partial charge in [-0.25, -0.2) is 0 Å². The van der Waals surface area contributed by atoms with E-state index >= 15 is 0 Å². The Bertz CT molecular complexity index is 1590. The van der Waals surface area contributed by atoms with Crippen molar-refractivity contribution in [2.24, 2.45) is 7.05 Å². The second kappa shape index (κ2) is 14.7. The van der Waals surface area contributed by atoms with Crippen molar-refractivity contribution in [1.29, 1.82) is 0 Å². The fraction of sp³-hybridized carbons (Fsp3) is 0.364. The highest BCUT2D eigenvalue weighted by Crippen LogP contribution is 2.31. The summed E-state index contributed by atoms with van der Waals surface area (Å²) in [6, 6.07) is 19.7. The third kappa shape index (κ3) is 7.32. The molecule has 0 aliphatic carbocycles. The Morgan fingerprint density at radius 1 is 1.05 bits per heavy atom. The zero-order chi connectivity index (χ0) is 28.2. The Labute approximate surface area is 264 Å². The van der Waals surface area contributed by atoms with E-state index in [1.807, 2.05) is 53.7 Å². The van der Waals surface area contributed by atoms with Crippen molar-refractivity contribution in [3.8, 4) is 11.5 Å². The standard InChI is InChI=1S/C33H36N4O4.2ClH/c1-35-30-8-7-28(22-26(30)6-9-31(35)38)40-20-3-17-37(23-24-10-15-34-16-11-24)27-12-18-36(19-13-27)33(39)29-5-2-4-25-14-21-41-32(25)29;;/h2,4-11,15-16,22,27H,3,12-14,17-21,23H2,1H3;2*1H. The van der Waals surface area contributed by atoms with E-state index in [0.29, 0.717) is 24.8 Å². The summed E-state index contributed by atoms with van der Waals surface area (Å²) >= 11 is 0. The van der Waals surface area contributed by atoms with Crippen molar-refractivity contribution >= 4 is 41.6 Å². The van der Waals surface area contributed by atoms with Crippen molar-refractivity contribution in [1.82, 2.24) is 19.4 Å². The molecular weight excluding hydrogens is 587 g/mol. The van der Waals surface area contributed by atoms with Crippen LogP contribution in [-0.4, -0.2) is 64.1 Å². The second-order valence-electron chi connectivity index (χ2n) is 10.9. The Balaban J connectivity index is 0.00000212. The molecule has 6 rings (SSSR count). The number of aryl methyl sites for hydroxylation is 1. The van der Waals surface area contributed by atoms with E-state index in [4.69, 9.17) is 9.47 Å². The molecule has 0 radical (unpaired) electrons. The number of likely N-dealkylation sites (tertiary alicyclic amines) is 1. The lowest BCUT2D eigenvalue weighted by atomic mass is 10.00. The van der Waals surface area contributed by atoms with Gasteiger partial charge in [0.25, 0.3) is 11.5 Å². The first-order valence-corrected chi connectivity index (χ1v) is 14.5. The number of rotatable bonds is 9. The van der Waals surface area contributed by atoms with Crippen LogP contribution >= 0.6 is 24.8 Å². The van der Waals surface area contributed by atoms with Crippen molar-refractivity contribution in [3.63, 3.8) is 0 Å². The molecule has 0 atom stereocenters. The zero-order valence-corrected chi connectivity index (χ0v) is 25.9. The first-order valence-electron chi connectivity index (χ1n) is 14.5. The van der Waals surface area contributed by atoms with E-state index in [1.54, 1.807) is 17.7 Å². The Kier molecular flexibility index (Phi) is 11.1. The normalized spacial score (nSPS) is 14.5. The van der Waals surface area contributed by atoms with Gasteiger partial charge in [0, 0.05) is 69.5 Å². The van der Waals surface area contributed by atoms with E-state index in [9.17, 15) is 9.59 Å². The first kappa shape index (κ1) is 32.3. The number of amides is 1. The molecule has 0 spiro atoms. The van der Waals surface area contributed by atoms with Crippen LogP contribution in [-0.2, 0) is 20.0 Å². The molecule has 0 bridgehead atoms. The summed E-state index contributed by atoms with van der Waals surface area (Å²) < 4.78 is 13.6. The Morgan fingerprint density at radius 2 is 1.84 bits per heavy atom. The van der Waals surface area contributed by atoms with E-state index in [1.165, 1.54) is 5.56 Å². The van der Waals surface area contributed by atoms with Gasteiger partial charge in [-0.15, -0.1) is 24.8 Å². The highest BCUT2D eigenvalue weighted by atomic mass is 35.5. The molecule has 1 saturated heterocycles. The largest absolute Gasteiger partial charge is 0.494 e. The van der Waals surface area contributed by atoms with Crippen LogP contribution in [0, 0.1) is 0 Å². The van der Waals surface area contributed by atoms with E-state index in [-0.39, 0.29) is 36.3 Å². The number of halogens is 2. The molecule has 228 valence electrons. The molecule has 0 unspecified atom stereocenters. The van der Waals surface area contributed by atoms with Crippen molar-refractivity contribution < 1.29 is 14.3 Å². The number of piperidine rings is 1. The smallest absolute Gasteiger partial charge is 0.257 e. The van der Waals surface area contributed by atoms with Gasteiger partial charge in [-0.1, -0.05) is 12.1 Å². The predicted molar refractivity (Wildman–Crippen MR) is 173 cm³/mol. The minimum Gasteiger partial charge on any atom is -0.494 e. The number of benzene rings is 2. The number of carbonyl (C=O) groups is 1. The van der Waals surface area contributed by atoms with Gasteiger partial charge in [0.1, 0.15) is 11.5 Å². The maximum atomic E-state index is 13.4. The van der Waals surface area contributed by atoms with Crippen LogP contribution in [0.1, 0.15) is 40.7 Å². The molecule has 0 N–H and O–H groups in total. The summed E-state index contributed by atoms with van der Waals surface area (Å²) in [5.41, 5.74) is 3.93. The van der Waals surface area contributed by atoms with Gasteiger partial charge < -0.3 is 18.9 Å². The molecule has 1 amide bonds. The summed E-state index contributed by atoms with van der Waals surface area (Å²) in [4.78, 5) is 34.0. The Hall–Kier alpha value is -3.59. The van der Waals surface area contributed by atoms with Crippen LogP contribution < -0.4 is 15.0 Å². The fourth-order valence-electron chi connectivity index (χ4n) is 6.01. The van der Waals surface area contributed by atoms with Gasteiger partial charge in [0.2, 0.25) is 0 Å². The van der Waals surface area contributed by atoms with Crippen LogP contribution in [0.5, 0.6) is 11.5 Å². The average molecular weight is 626 g/mol. The van der Waals surface area contributed by atoms with Crippen LogP contribution in [0.3, 0.4) is 0 Å². The molecule has 2 aromatic carbocycles. The molecule has 10 heteroatoms. The number of para-hydroxylation sites is 1. The van der Waals surface area contributed by atoms with Crippen LogP contribution in [0.25, 0.3) is 10.9 Å². The summed E-state index contributed by atoms with van der Waals surface area (Å²) in [5.74, 6) is 1.65. The Morgan fingerprint density at radius 3 is 2.63 bits per heavy atom. The second-order valence-corrected chi connectivity index (χ2v) is 10.9. The molecule has 8 nitrogen and oxygen atoms in total. The average Bonchev–Trinajstić information content (AvgIpc) is 3.50. The van der Waals surface area contributed by atoms with E-state index < -0.39 is 0 Å². The number of carbonyl (C=O) groups excluding carboxylic acids is 1. The molecule has 2 aromatic heterocycles. The maximum Gasteiger partial charge on any atom is 0.257 e. The van der Waals surface area contributed by atoms with E-state index in [2.05, 4.69) is 28.1 Å². The summed E-state index contributed by atoms with van der Waals surface area (Å²) in [5, 5.41) is 0.984. The first-order chi connectivity index (χ1) is 20.1.